The first kappa shape index (κ1) is 16.5. The fourth-order valence-corrected chi connectivity index (χ4v) is 4.48. The zero-order valence-electron chi connectivity index (χ0n) is 14.9. The van der Waals surface area contributed by atoms with E-state index in [2.05, 4.69) is 10.3 Å². The third kappa shape index (κ3) is 3.03. The van der Waals surface area contributed by atoms with E-state index in [1.165, 1.54) is 6.07 Å². The van der Waals surface area contributed by atoms with Crippen molar-refractivity contribution in [2.45, 2.75) is 58.0 Å². The van der Waals surface area contributed by atoms with Crippen molar-refractivity contribution in [3.8, 4) is 0 Å². The van der Waals surface area contributed by atoms with E-state index in [9.17, 15) is 14.4 Å². The van der Waals surface area contributed by atoms with Gasteiger partial charge in [0.2, 0.25) is 0 Å². The predicted molar refractivity (Wildman–Crippen MR) is 94.0 cm³/mol. The summed E-state index contributed by atoms with van der Waals surface area (Å²) < 4.78 is 0. The van der Waals surface area contributed by atoms with E-state index in [-0.39, 0.29) is 28.2 Å². The van der Waals surface area contributed by atoms with Crippen LogP contribution in [0.1, 0.15) is 65.9 Å². The van der Waals surface area contributed by atoms with Crippen LogP contribution in [0.15, 0.2) is 10.9 Å². The van der Waals surface area contributed by atoms with Crippen molar-refractivity contribution >= 4 is 11.7 Å². The Bertz CT molecular complexity index is 796. The van der Waals surface area contributed by atoms with Gasteiger partial charge in [0.1, 0.15) is 5.56 Å². The first-order chi connectivity index (χ1) is 11.8. The van der Waals surface area contributed by atoms with Crippen molar-refractivity contribution in [3.05, 3.63) is 33.2 Å². The number of fused-ring (bicyclic) bond motifs is 3. The summed E-state index contributed by atoms with van der Waals surface area (Å²) in [6, 6.07) is 2.33. The summed E-state index contributed by atoms with van der Waals surface area (Å²) in [5, 5.41) is 3.54. The van der Waals surface area contributed by atoms with E-state index < -0.39 is 0 Å². The van der Waals surface area contributed by atoms with Gasteiger partial charge in [-0.3, -0.25) is 14.4 Å². The molecule has 25 heavy (non-hydrogen) atoms. The molecule has 134 valence electrons. The van der Waals surface area contributed by atoms with Crippen LogP contribution in [0.2, 0.25) is 0 Å². The molecule has 2 aliphatic heterocycles. The second-order valence-electron chi connectivity index (χ2n) is 8.52. The summed E-state index contributed by atoms with van der Waals surface area (Å²) in [5.41, 5.74) is 0.742. The maximum atomic E-state index is 12.9. The van der Waals surface area contributed by atoms with Crippen LogP contribution < -0.4 is 10.9 Å². The SMILES string of the molecule is CC1(C)CC(=O)c2cc(C(=O)N3CCC4CCC(C3)N4)c(=O)[nH]c2C1. The van der Waals surface area contributed by atoms with E-state index in [0.717, 1.165) is 19.3 Å². The molecule has 1 aromatic rings. The number of aromatic amines is 1. The van der Waals surface area contributed by atoms with Gasteiger partial charge in [0.25, 0.3) is 11.5 Å². The Morgan fingerprint density at radius 2 is 1.92 bits per heavy atom. The minimum Gasteiger partial charge on any atom is -0.337 e. The summed E-state index contributed by atoms with van der Waals surface area (Å²) >= 11 is 0. The standard InChI is InChI=1S/C19H25N3O3/c1-19(2)8-15-13(16(23)9-19)7-14(17(24)21-15)18(25)22-6-5-11-3-4-12(10-22)20-11/h7,11-12,20H,3-6,8-10H2,1-2H3,(H,21,24). The van der Waals surface area contributed by atoms with Crippen LogP contribution in [0.25, 0.3) is 0 Å². The molecule has 2 atom stereocenters. The molecule has 0 radical (unpaired) electrons. The first-order valence-electron chi connectivity index (χ1n) is 9.17. The Hall–Kier alpha value is -1.95. The summed E-state index contributed by atoms with van der Waals surface area (Å²) in [7, 11) is 0. The molecule has 6 nitrogen and oxygen atoms in total. The average molecular weight is 343 g/mol. The molecule has 2 N–H and O–H groups in total. The molecule has 2 fully saturated rings. The molecular weight excluding hydrogens is 318 g/mol. The van der Waals surface area contributed by atoms with Crippen LogP contribution in [0.3, 0.4) is 0 Å². The Balaban J connectivity index is 1.65. The summed E-state index contributed by atoms with van der Waals surface area (Å²) in [6.45, 7) is 5.33. The number of pyridine rings is 1. The fraction of sp³-hybridized carbons (Fsp3) is 0.632. The van der Waals surface area contributed by atoms with Crippen LogP contribution in [0, 0.1) is 5.41 Å². The fourth-order valence-electron chi connectivity index (χ4n) is 4.48. The van der Waals surface area contributed by atoms with Crippen LogP contribution in [-0.4, -0.2) is 46.7 Å². The van der Waals surface area contributed by atoms with Crippen LogP contribution in [0.5, 0.6) is 0 Å². The molecule has 3 aliphatic rings. The van der Waals surface area contributed by atoms with Gasteiger partial charge >= 0.3 is 0 Å². The van der Waals surface area contributed by atoms with Crippen molar-refractivity contribution in [2.75, 3.05) is 13.1 Å². The van der Waals surface area contributed by atoms with E-state index in [1.54, 1.807) is 4.90 Å². The highest BCUT2D eigenvalue weighted by atomic mass is 16.2. The molecule has 2 saturated heterocycles. The van der Waals surface area contributed by atoms with Crippen molar-refractivity contribution in [2.24, 2.45) is 5.41 Å². The average Bonchev–Trinajstić information content (AvgIpc) is 2.84. The lowest BCUT2D eigenvalue weighted by Gasteiger charge is -2.30. The van der Waals surface area contributed by atoms with Gasteiger partial charge in [-0.25, -0.2) is 0 Å². The quantitative estimate of drug-likeness (QED) is 0.809. The third-order valence-electron chi connectivity index (χ3n) is 5.76. The zero-order valence-corrected chi connectivity index (χ0v) is 14.9. The number of hydrogen-bond acceptors (Lipinski definition) is 4. The Labute approximate surface area is 147 Å². The number of likely N-dealkylation sites (tertiary alicyclic amines) is 1. The number of aromatic nitrogens is 1. The smallest absolute Gasteiger partial charge is 0.261 e. The molecule has 6 heteroatoms. The molecule has 1 aliphatic carbocycles. The van der Waals surface area contributed by atoms with Crippen LogP contribution in [0.4, 0.5) is 0 Å². The summed E-state index contributed by atoms with van der Waals surface area (Å²) in [6.07, 6.45) is 4.24. The monoisotopic (exact) mass is 343 g/mol. The molecule has 2 bridgehead atoms. The van der Waals surface area contributed by atoms with Gasteiger partial charge in [-0.1, -0.05) is 13.8 Å². The number of Topliss-reactive ketones (excluding diaryl/α,β-unsaturated/α-hetero) is 1. The molecule has 2 unspecified atom stereocenters. The summed E-state index contributed by atoms with van der Waals surface area (Å²) in [4.78, 5) is 42.5. The number of nitrogens with zero attached hydrogens (tertiary/aromatic N) is 1. The number of hydrogen-bond donors (Lipinski definition) is 2. The maximum absolute atomic E-state index is 12.9. The van der Waals surface area contributed by atoms with E-state index in [4.69, 9.17) is 0 Å². The number of nitrogens with one attached hydrogen (secondary N) is 2. The van der Waals surface area contributed by atoms with Gasteiger partial charge in [-0.05, 0) is 37.2 Å². The molecular formula is C19H25N3O3. The highest BCUT2D eigenvalue weighted by Crippen LogP contribution is 2.33. The zero-order chi connectivity index (χ0) is 17.8. The van der Waals surface area contributed by atoms with Crippen molar-refractivity contribution in [1.29, 1.82) is 0 Å². The topological polar surface area (TPSA) is 82.3 Å². The normalized spacial score (nSPS) is 27.8. The van der Waals surface area contributed by atoms with Gasteiger partial charge in [0, 0.05) is 42.9 Å². The highest BCUT2D eigenvalue weighted by Gasteiger charge is 2.35. The number of amides is 1. The van der Waals surface area contributed by atoms with Crippen molar-refractivity contribution < 1.29 is 9.59 Å². The van der Waals surface area contributed by atoms with Crippen molar-refractivity contribution in [3.63, 3.8) is 0 Å². The number of H-pyrrole nitrogens is 1. The Kier molecular flexibility index (Phi) is 3.83. The Morgan fingerprint density at radius 1 is 1.16 bits per heavy atom. The van der Waals surface area contributed by atoms with E-state index >= 15 is 0 Å². The van der Waals surface area contributed by atoms with Gasteiger partial charge in [-0.2, -0.15) is 0 Å². The lowest BCUT2D eigenvalue weighted by molar-refractivity contribution is 0.0746. The largest absolute Gasteiger partial charge is 0.337 e. The van der Waals surface area contributed by atoms with Gasteiger partial charge < -0.3 is 15.2 Å². The van der Waals surface area contributed by atoms with E-state index in [1.807, 2.05) is 13.8 Å². The molecule has 0 aromatic carbocycles. The second-order valence-corrected chi connectivity index (χ2v) is 8.52. The van der Waals surface area contributed by atoms with Crippen LogP contribution >= 0.6 is 0 Å². The minimum absolute atomic E-state index is 0.00754. The minimum atomic E-state index is -0.378. The van der Waals surface area contributed by atoms with Gasteiger partial charge in [0.15, 0.2) is 5.78 Å². The first-order valence-corrected chi connectivity index (χ1v) is 9.17. The van der Waals surface area contributed by atoms with Crippen molar-refractivity contribution in [1.82, 2.24) is 15.2 Å². The second kappa shape index (κ2) is 5.80. The number of carbonyl (C=O) groups excluding carboxylic acids is 2. The molecule has 0 saturated carbocycles. The molecule has 3 heterocycles. The molecule has 4 rings (SSSR count). The summed E-state index contributed by atoms with van der Waals surface area (Å²) in [5.74, 6) is -0.246. The maximum Gasteiger partial charge on any atom is 0.261 e. The third-order valence-corrected chi connectivity index (χ3v) is 5.76. The molecule has 0 spiro atoms. The van der Waals surface area contributed by atoms with E-state index in [0.29, 0.717) is 49.3 Å². The molecule has 1 amide bonds. The number of ketones is 1. The predicted octanol–water partition coefficient (Wildman–Crippen LogP) is 1.50. The number of carbonyl (C=O) groups is 2. The highest BCUT2D eigenvalue weighted by molar-refractivity contribution is 6.02. The van der Waals surface area contributed by atoms with Gasteiger partial charge in [0.05, 0.1) is 0 Å². The Morgan fingerprint density at radius 3 is 2.72 bits per heavy atom. The lowest BCUT2D eigenvalue weighted by Crippen LogP contribution is -2.41. The number of rotatable bonds is 1. The lowest BCUT2D eigenvalue weighted by atomic mass is 9.75. The van der Waals surface area contributed by atoms with Gasteiger partial charge in [-0.15, -0.1) is 0 Å². The molecule has 1 aromatic heterocycles. The van der Waals surface area contributed by atoms with Crippen LogP contribution in [-0.2, 0) is 6.42 Å².